The van der Waals surface area contributed by atoms with Crippen LogP contribution in [0.5, 0.6) is 0 Å². The van der Waals surface area contributed by atoms with Crippen LogP contribution in [0.2, 0.25) is 0 Å². The van der Waals surface area contributed by atoms with Gasteiger partial charge in [-0.05, 0) is 31.1 Å². The second kappa shape index (κ2) is 4.38. The number of rotatable bonds is 0. The van der Waals surface area contributed by atoms with Gasteiger partial charge in [0.2, 0.25) is 0 Å². The fourth-order valence-corrected chi connectivity index (χ4v) is 6.06. The third-order valence-corrected chi connectivity index (χ3v) is 7.37. The molecule has 4 rings (SSSR count). The summed E-state index contributed by atoms with van der Waals surface area (Å²) in [6.07, 6.45) is -0.341. The monoisotopic (exact) mass is 350 g/mol. The topological polar surface area (TPSA) is 80.7 Å². The SMILES string of the molecule is CC1=C(Cl)C(=O)[C@]2(C)C1=CC(=O)[C@]1(C)[C@@H]3C(=O)O[C@@H]([C@H]3C)[C@@H](O)[C@@H]21. The molecule has 0 amide bonds. The molecule has 7 atom stereocenters. The minimum Gasteiger partial charge on any atom is -0.459 e. The predicted molar refractivity (Wildman–Crippen MR) is 84.9 cm³/mol. The lowest BCUT2D eigenvalue weighted by atomic mass is 9.45. The Morgan fingerprint density at radius 1 is 1.25 bits per heavy atom. The van der Waals surface area contributed by atoms with Gasteiger partial charge in [0.25, 0.3) is 0 Å². The number of carbonyl (C=O) groups excluding carboxylic acids is 3. The van der Waals surface area contributed by atoms with Gasteiger partial charge in [0.15, 0.2) is 11.6 Å². The molecule has 0 unspecified atom stereocenters. The van der Waals surface area contributed by atoms with Gasteiger partial charge in [0.05, 0.1) is 27.9 Å². The molecule has 1 saturated carbocycles. The Bertz CT molecular complexity index is 780. The van der Waals surface area contributed by atoms with E-state index in [1.165, 1.54) is 6.08 Å². The van der Waals surface area contributed by atoms with E-state index >= 15 is 0 Å². The molecule has 0 aromatic carbocycles. The van der Waals surface area contributed by atoms with Crippen molar-refractivity contribution in [3.8, 4) is 0 Å². The largest absolute Gasteiger partial charge is 0.459 e. The second-order valence-electron chi connectivity index (χ2n) is 7.88. The van der Waals surface area contributed by atoms with Crippen LogP contribution in [0, 0.1) is 28.6 Å². The van der Waals surface area contributed by atoms with E-state index in [4.69, 9.17) is 16.3 Å². The molecule has 3 aliphatic carbocycles. The highest BCUT2D eigenvalue weighted by Gasteiger charge is 2.73. The number of aliphatic hydroxyl groups is 1. The lowest BCUT2D eigenvalue weighted by Gasteiger charge is -2.55. The van der Waals surface area contributed by atoms with Crippen molar-refractivity contribution in [3.05, 3.63) is 22.3 Å². The summed E-state index contributed by atoms with van der Waals surface area (Å²) in [4.78, 5) is 38.4. The number of ether oxygens (including phenoxy) is 1. The van der Waals surface area contributed by atoms with Gasteiger partial charge in [-0.15, -0.1) is 0 Å². The number of aliphatic hydroxyl groups excluding tert-OH is 1. The van der Waals surface area contributed by atoms with Gasteiger partial charge in [0, 0.05) is 11.8 Å². The van der Waals surface area contributed by atoms with Crippen molar-refractivity contribution in [1.29, 1.82) is 0 Å². The average molecular weight is 351 g/mol. The van der Waals surface area contributed by atoms with Gasteiger partial charge in [-0.1, -0.05) is 25.4 Å². The van der Waals surface area contributed by atoms with Gasteiger partial charge in [0.1, 0.15) is 6.10 Å². The van der Waals surface area contributed by atoms with Crippen LogP contribution in [-0.4, -0.2) is 34.9 Å². The number of esters is 1. The van der Waals surface area contributed by atoms with Crippen molar-refractivity contribution in [2.24, 2.45) is 28.6 Å². The maximum absolute atomic E-state index is 13.0. The normalized spacial score (nSPS) is 49.8. The predicted octanol–water partition coefficient (Wildman–Crippen LogP) is 1.77. The molecular formula is C18H19ClO5. The fraction of sp³-hybridized carbons (Fsp3) is 0.611. The first kappa shape index (κ1) is 16.0. The molecule has 2 bridgehead atoms. The Hall–Kier alpha value is -1.46. The zero-order valence-corrected chi connectivity index (χ0v) is 14.7. The molecule has 2 fully saturated rings. The highest BCUT2D eigenvalue weighted by molar-refractivity contribution is 6.45. The Kier molecular flexibility index (Phi) is 2.93. The number of ketones is 2. The van der Waals surface area contributed by atoms with E-state index in [-0.39, 0.29) is 22.5 Å². The van der Waals surface area contributed by atoms with E-state index in [1.54, 1.807) is 20.8 Å². The molecule has 6 heteroatoms. The van der Waals surface area contributed by atoms with Crippen LogP contribution in [0.15, 0.2) is 22.3 Å². The first-order valence-corrected chi connectivity index (χ1v) is 8.52. The summed E-state index contributed by atoms with van der Waals surface area (Å²) < 4.78 is 5.38. The Morgan fingerprint density at radius 2 is 1.88 bits per heavy atom. The third-order valence-electron chi connectivity index (χ3n) is 6.91. The van der Waals surface area contributed by atoms with E-state index in [9.17, 15) is 19.5 Å². The third kappa shape index (κ3) is 1.41. The standard InChI is InChI=1S/C18H19ClO5/c1-6-8-5-9(20)18(4)10-7(2)13(24-16(10)23)12(21)14(18)17(8,3)15(22)11(6)19/h5,7,10,12-14,21H,1-4H3/t7-,10-,12+,13-,14-,17+,18+/m0/s1. The summed E-state index contributed by atoms with van der Waals surface area (Å²) in [5.74, 6) is -2.69. The van der Waals surface area contributed by atoms with E-state index in [0.29, 0.717) is 11.1 Å². The molecule has 0 radical (unpaired) electrons. The minimum atomic E-state index is -1.18. The average Bonchev–Trinajstić information content (AvgIpc) is 2.85. The second-order valence-corrected chi connectivity index (χ2v) is 8.26. The van der Waals surface area contributed by atoms with Crippen LogP contribution in [0.3, 0.4) is 0 Å². The van der Waals surface area contributed by atoms with Crippen molar-refractivity contribution < 1.29 is 24.2 Å². The first-order valence-electron chi connectivity index (χ1n) is 8.14. The van der Waals surface area contributed by atoms with Gasteiger partial charge < -0.3 is 9.84 Å². The number of hydrogen-bond acceptors (Lipinski definition) is 5. The van der Waals surface area contributed by atoms with Gasteiger partial charge in [-0.3, -0.25) is 14.4 Å². The fourth-order valence-electron chi connectivity index (χ4n) is 5.76. The van der Waals surface area contributed by atoms with Crippen LogP contribution in [0.1, 0.15) is 27.7 Å². The summed E-state index contributed by atoms with van der Waals surface area (Å²) in [6, 6.07) is 0. The summed E-state index contributed by atoms with van der Waals surface area (Å²) in [5.41, 5.74) is -1.16. The number of carbonyl (C=O) groups is 3. The Balaban J connectivity index is 2.01. The lowest BCUT2D eigenvalue weighted by molar-refractivity contribution is -0.165. The van der Waals surface area contributed by atoms with E-state index < -0.39 is 40.8 Å². The molecule has 0 aromatic rings. The molecule has 24 heavy (non-hydrogen) atoms. The summed E-state index contributed by atoms with van der Waals surface area (Å²) >= 11 is 6.19. The van der Waals surface area contributed by atoms with Gasteiger partial charge >= 0.3 is 5.97 Å². The Labute approximate surface area is 144 Å². The van der Waals surface area contributed by atoms with E-state index in [1.807, 2.05) is 6.92 Å². The van der Waals surface area contributed by atoms with Crippen molar-refractivity contribution in [3.63, 3.8) is 0 Å². The zero-order chi connectivity index (χ0) is 17.8. The molecule has 1 N–H and O–H groups in total. The zero-order valence-electron chi connectivity index (χ0n) is 13.9. The molecule has 4 aliphatic rings. The van der Waals surface area contributed by atoms with E-state index in [2.05, 4.69) is 0 Å². The maximum Gasteiger partial charge on any atom is 0.310 e. The van der Waals surface area contributed by atoms with Gasteiger partial charge in [-0.2, -0.15) is 0 Å². The minimum absolute atomic E-state index is 0.103. The number of halogens is 1. The van der Waals surface area contributed by atoms with Crippen LogP contribution >= 0.6 is 11.6 Å². The number of allylic oxidation sites excluding steroid dienone is 4. The maximum atomic E-state index is 13.0. The summed E-state index contributed by atoms with van der Waals surface area (Å²) in [7, 11) is 0. The van der Waals surface area contributed by atoms with Gasteiger partial charge in [-0.25, -0.2) is 0 Å². The number of Topliss-reactive ketones (excluding diaryl/α,β-unsaturated/α-hetero) is 1. The molecule has 0 spiro atoms. The number of fused-ring (bicyclic) bond motifs is 6. The molecular weight excluding hydrogens is 332 g/mol. The van der Waals surface area contributed by atoms with Crippen molar-refractivity contribution in [1.82, 2.24) is 0 Å². The van der Waals surface area contributed by atoms with E-state index in [0.717, 1.165) is 0 Å². The highest BCUT2D eigenvalue weighted by Crippen LogP contribution is 2.66. The summed E-state index contributed by atoms with van der Waals surface area (Å²) in [6.45, 7) is 6.92. The van der Waals surface area contributed by atoms with Crippen LogP contribution in [0.25, 0.3) is 0 Å². The van der Waals surface area contributed by atoms with Crippen LogP contribution in [0.4, 0.5) is 0 Å². The molecule has 1 saturated heterocycles. The van der Waals surface area contributed by atoms with Crippen LogP contribution in [-0.2, 0) is 19.1 Å². The molecule has 1 aliphatic heterocycles. The van der Waals surface area contributed by atoms with Crippen molar-refractivity contribution >= 4 is 29.1 Å². The molecule has 128 valence electrons. The molecule has 1 heterocycles. The number of hydrogen-bond donors (Lipinski definition) is 1. The quantitative estimate of drug-likeness (QED) is 0.673. The summed E-state index contributed by atoms with van der Waals surface area (Å²) in [5, 5.41) is 11.1. The van der Waals surface area contributed by atoms with Crippen molar-refractivity contribution in [2.75, 3.05) is 0 Å². The first-order chi connectivity index (χ1) is 11.1. The van der Waals surface area contributed by atoms with Crippen molar-refractivity contribution in [2.45, 2.75) is 39.9 Å². The molecule has 0 aromatic heterocycles. The highest BCUT2D eigenvalue weighted by atomic mass is 35.5. The smallest absolute Gasteiger partial charge is 0.310 e. The van der Waals surface area contributed by atoms with Crippen LogP contribution < -0.4 is 0 Å². The Morgan fingerprint density at radius 3 is 2.50 bits per heavy atom. The molecule has 5 nitrogen and oxygen atoms in total. The lowest BCUT2D eigenvalue weighted by Crippen LogP contribution is -2.64.